The maximum absolute atomic E-state index is 12.8. The van der Waals surface area contributed by atoms with E-state index < -0.39 is 0 Å². The Kier molecular flexibility index (Phi) is 5.92. The molecule has 1 aromatic heterocycles. The molecule has 1 aliphatic rings. The minimum absolute atomic E-state index is 0. The summed E-state index contributed by atoms with van der Waals surface area (Å²) in [5.41, 5.74) is 1.15. The summed E-state index contributed by atoms with van der Waals surface area (Å²) in [7, 11) is 1.95. The lowest BCUT2D eigenvalue weighted by Crippen LogP contribution is -2.44. The van der Waals surface area contributed by atoms with Crippen molar-refractivity contribution in [3.05, 3.63) is 35.1 Å². The van der Waals surface area contributed by atoms with Gasteiger partial charge in [0.05, 0.1) is 11.3 Å². The molecule has 7 nitrogen and oxygen atoms in total. The van der Waals surface area contributed by atoms with E-state index in [1.54, 1.807) is 18.2 Å². The predicted molar refractivity (Wildman–Crippen MR) is 89.4 cm³/mol. The van der Waals surface area contributed by atoms with Crippen molar-refractivity contribution in [3.8, 4) is 5.69 Å². The molecule has 3 rings (SSSR count). The van der Waals surface area contributed by atoms with Crippen molar-refractivity contribution in [2.24, 2.45) is 0 Å². The molecule has 1 aromatic carbocycles. The van der Waals surface area contributed by atoms with Gasteiger partial charge in [0.2, 0.25) is 0 Å². The molecule has 1 amide bonds. The fraction of sp³-hybridized carbons (Fsp3) is 0.429. The smallest absolute Gasteiger partial charge is 0.256 e. The van der Waals surface area contributed by atoms with Gasteiger partial charge in [0.15, 0.2) is 0 Å². The lowest BCUT2D eigenvalue weighted by atomic mass is 10.0. The highest BCUT2D eigenvalue weighted by Gasteiger charge is 2.25. The van der Waals surface area contributed by atoms with E-state index in [9.17, 15) is 4.79 Å². The number of carbonyl (C=O) groups is 1. The molecule has 2 heterocycles. The molecule has 1 saturated heterocycles. The Labute approximate surface area is 145 Å². The monoisotopic (exact) mass is 356 g/mol. The molecule has 0 radical (unpaired) electrons. The number of rotatable bonds is 3. The van der Waals surface area contributed by atoms with Crippen molar-refractivity contribution in [2.45, 2.75) is 18.9 Å². The van der Waals surface area contributed by atoms with Crippen LogP contribution in [0.4, 0.5) is 0 Å². The van der Waals surface area contributed by atoms with Gasteiger partial charge in [-0.15, -0.1) is 17.5 Å². The van der Waals surface area contributed by atoms with Gasteiger partial charge in [-0.05, 0) is 48.5 Å². The summed E-state index contributed by atoms with van der Waals surface area (Å²) in [5.74, 6) is -0.0393. The van der Waals surface area contributed by atoms with Gasteiger partial charge < -0.3 is 10.2 Å². The summed E-state index contributed by atoms with van der Waals surface area (Å²) in [6.07, 6.45) is 3.36. The van der Waals surface area contributed by atoms with Gasteiger partial charge in [0.1, 0.15) is 6.33 Å². The quantitative estimate of drug-likeness (QED) is 0.902. The molecule has 0 atom stereocenters. The van der Waals surface area contributed by atoms with Crippen molar-refractivity contribution in [3.63, 3.8) is 0 Å². The second-order valence-corrected chi connectivity index (χ2v) is 5.71. The second-order valence-electron chi connectivity index (χ2n) is 5.27. The minimum atomic E-state index is -0.0393. The van der Waals surface area contributed by atoms with Crippen LogP contribution in [0, 0.1) is 0 Å². The molecule has 9 heteroatoms. The number of piperidine rings is 1. The maximum atomic E-state index is 12.8. The first kappa shape index (κ1) is 17.7. The fourth-order valence-corrected chi connectivity index (χ4v) is 2.86. The van der Waals surface area contributed by atoms with E-state index in [0.717, 1.165) is 25.9 Å². The van der Waals surface area contributed by atoms with Gasteiger partial charge in [0, 0.05) is 24.2 Å². The van der Waals surface area contributed by atoms with Crippen LogP contribution in [0.5, 0.6) is 0 Å². The van der Waals surface area contributed by atoms with Crippen LogP contribution in [-0.2, 0) is 0 Å². The second kappa shape index (κ2) is 7.72. The first-order valence-electron chi connectivity index (χ1n) is 7.18. The molecule has 0 saturated carbocycles. The van der Waals surface area contributed by atoms with Crippen LogP contribution in [-0.4, -0.2) is 57.2 Å². The first-order valence-corrected chi connectivity index (χ1v) is 7.56. The van der Waals surface area contributed by atoms with Gasteiger partial charge in [-0.2, -0.15) is 4.68 Å². The molecule has 0 bridgehead atoms. The Hall–Kier alpha value is -1.70. The summed E-state index contributed by atoms with van der Waals surface area (Å²) in [4.78, 5) is 14.7. The number of halogens is 2. The zero-order chi connectivity index (χ0) is 15.5. The lowest BCUT2D eigenvalue weighted by Gasteiger charge is -2.32. The van der Waals surface area contributed by atoms with E-state index in [2.05, 4.69) is 20.8 Å². The molecule has 1 fully saturated rings. The van der Waals surface area contributed by atoms with Gasteiger partial charge in [-0.1, -0.05) is 11.6 Å². The lowest BCUT2D eigenvalue weighted by molar-refractivity contribution is 0.0707. The Balaban J connectivity index is 0.00000192. The van der Waals surface area contributed by atoms with Gasteiger partial charge in [-0.3, -0.25) is 4.79 Å². The van der Waals surface area contributed by atoms with Crippen molar-refractivity contribution in [1.29, 1.82) is 0 Å². The third-order valence-electron chi connectivity index (χ3n) is 3.98. The highest BCUT2D eigenvalue weighted by Crippen LogP contribution is 2.22. The van der Waals surface area contributed by atoms with Crippen molar-refractivity contribution in [1.82, 2.24) is 30.4 Å². The molecule has 0 spiro atoms. The number of amides is 1. The number of nitrogens with zero attached hydrogens (tertiary/aromatic N) is 5. The largest absolute Gasteiger partial charge is 0.338 e. The van der Waals surface area contributed by atoms with Crippen LogP contribution in [0.1, 0.15) is 23.2 Å². The molecule has 23 heavy (non-hydrogen) atoms. The highest BCUT2D eigenvalue weighted by atomic mass is 35.5. The molecule has 1 aliphatic heterocycles. The minimum Gasteiger partial charge on any atom is -0.338 e. The molecule has 0 unspecified atom stereocenters. The highest BCUT2D eigenvalue weighted by molar-refractivity contribution is 6.31. The molecule has 1 N–H and O–H groups in total. The summed E-state index contributed by atoms with van der Waals surface area (Å²) in [5, 5.41) is 14.9. The first-order chi connectivity index (χ1) is 10.7. The average molecular weight is 357 g/mol. The van der Waals surface area contributed by atoms with Gasteiger partial charge in [-0.25, -0.2) is 0 Å². The Morgan fingerprint density at radius 3 is 2.70 bits per heavy atom. The third-order valence-corrected chi connectivity index (χ3v) is 4.21. The fourth-order valence-electron chi connectivity index (χ4n) is 2.69. The van der Waals surface area contributed by atoms with Crippen LogP contribution < -0.4 is 5.32 Å². The van der Waals surface area contributed by atoms with Crippen LogP contribution in [0.3, 0.4) is 0 Å². The summed E-state index contributed by atoms with van der Waals surface area (Å²) in [6.45, 7) is 1.46. The Bertz CT molecular complexity index is 655. The summed E-state index contributed by atoms with van der Waals surface area (Å²) >= 11 is 6.07. The number of nitrogens with one attached hydrogen (secondary N) is 1. The van der Waals surface area contributed by atoms with Crippen molar-refractivity contribution < 1.29 is 4.79 Å². The van der Waals surface area contributed by atoms with E-state index in [0.29, 0.717) is 22.3 Å². The zero-order valence-corrected chi connectivity index (χ0v) is 14.2. The number of likely N-dealkylation sites (tertiary alicyclic amines) is 1. The standard InChI is InChI=1S/C14H17ClN6O.ClH/c1-16-11-4-6-20(7-5-11)14(22)12-8-10(15)2-3-13(12)21-9-17-18-19-21;/h2-3,8-9,11,16H,4-7H2,1H3;1H. The number of carbonyl (C=O) groups excluding carboxylic acids is 1. The summed E-state index contributed by atoms with van der Waals surface area (Å²) < 4.78 is 1.48. The van der Waals surface area contributed by atoms with E-state index in [-0.39, 0.29) is 18.3 Å². The molecular formula is C14H18Cl2N6O. The molecule has 0 aliphatic carbocycles. The van der Waals surface area contributed by atoms with E-state index >= 15 is 0 Å². The third kappa shape index (κ3) is 3.80. The van der Waals surface area contributed by atoms with Gasteiger partial charge in [0.25, 0.3) is 5.91 Å². The number of tetrazole rings is 1. The van der Waals surface area contributed by atoms with E-state index in [4.69, 9.17) is 11.6 Å². The number of hydrogen-bond acceptors (Lipinski definition) is 5. The summed E-state index contributed by atoms with van der Waals surface area (Å²) in [6, 6.07) is 5.63. The average Bonchev–Trinajstić information content (AvgIpc) is 3.08. The maximum Gasteiger partial charge on any atom is 0.256 e. The Morgan fingerprint density at radius 1 is 1.35 bits per heavy atom. The molecular weight excluding hydrogens is 339 g/mol. The molecule has 2 aromatic rings. The topological polar surface area (TPSA) is 75.9 Å². The predicted octanol–water partition coefficient (Wildman–Crippen LogP) is 1.56. The van der Waals surface area contributed by atoms with Crippen LogP contribution in [0.25, 0.3) is 5.69 Å². The normalized spacial score (nSPS) is 15.3. The van der Waals surface area contributed by atoms with E-state index in [1.807, 2.05) is 11.9 Å². The van der Waals surface area contributed by atoms with Crippen LogP contribution in [0.2, 0.25) is 5.02 Å². The number of benzene rings is 1. The van der Waals surface area contributed by atoms with Crippen molar-refractivity contribution in [2.75, 3.05) is 20.1 Å². The van der Waals surface area contributed by atoms with E-state index in [1.165, 1.54) is 11.0 Å². The van der Waals surface area contributed by atoms with Crippen LogP contribution in [0.15, 0.2) is 24.5 Å². The van der Waals surface area contributed by atoms with Crippen LogP contribution >= 0.6 is 24.0 Å². The van der Waals surface area contributed by atoms with Gasteiger partial charge >= 0.3 is 0 Å². The Morgan fingerprint density at radius 2 is 2.09 bits per heavy atom. The number of aromatic nitrogens is 4. The zero-order valence-electron chi connectivity index (χ0n) is 12.6. The SMILES string of the molecule is CNC1CCN(C(=O)c2cc(Cl)ccc2-n2cnnn2)CC1.Cl. The molecule has 124 valence electrons. The number of hydrogen-bond donors (Lipinski definition) is 1. The van der Waals surface area contributed by atoms with Crippen molar-refractivity contribution >= 4 is 29.9 Å².